The van der Waals surface area contributed by atoms with E-state index in [1.807, 2.05) is 30.3 Å². The zero-order valence-corrected chi connectivity index (χ0v) is 11.5. The Kier molecular flexibility index (Phi) is 4.97. The molecule has 2 aromatic rings. The van der Waals surface area contributed by atoms with Crippen LogP contribution in [0.3, 0.4) is 0 Å². The van der Waals surface area contributed by atoms with Crippen molar-refractivity contribution < 1.29 is 14.3 Å². The third-order valence-electron chi connectivity index (χ3n) is 2.62. The number of carbonyl (C=O) groups is 2. The third kappa shape index (κ3) is 4.10. The van der Waals surface area contributed by atoms with Gasteiger partial charge in [-0.15, -0.1) is 5.10 Å². The predicted molar refractivity (Wildman–Crippen MR) is 72.1 cm³/mol. The van der Waals surface area contributed by atoms with E-state index in [9.17, 15) is 9.59 Å². The molecule has 0 spiro atoms. The summed E-state index contributed by atoms with van der Waals surface area (Å²) in [5.41, 5.74) is 0.980. The largest absolute Gasteiger partial charge is 0.460 e. The van der Waals surface area contributed by atoms with E-state index in [1.165, 1.54) is 0 Å². The van der Waals surface area contributed by atoms with E-state index in [2.05, 4.69) is 20.8 Å². The zero-order chi connectivity index (χ0) is 15.1. The third-order valence-corrected chi connectivity index (χ3v) is 2.62. The summed E-state index contributed by atoms with van der Waals surface area (Å²) in [5, 5.41) is 13.3. The molecule has 1 amide bonds. The highest BCUT2D eigenvalue weighted by atomic mass is 16.5. The van der Waals surface area contributed by atoms with Crippen molar-refractivity contribution in [1.82, 2.24) is 25.5 Å². The number of carbonyl (C=O) groups excluding carboxylic acids is 2. The smallest absolute Gasteiger partial charge is 0.378 e. The van der Waals surface area contributed by atoms with Crippen molar-refractivity contribution in [3.8, 4) is 0 Å². The maximum Gasteiger partial charge on any atom is 0.378 e. The molecule has 0 aliphatic rings. The van der Waals surface area contributed by atoms with Crippen molar-refractivity contribution in [1.29, 1.82) is 0 Å². The summed E-state index contributed by atoms with van der Waals surface area (Å²) in [7, 11) is 0. The molecule has 21 heavy (non-hydrogen) atoms. The van der Waals surface area contributed by atoms with Crippen molar-refractivity contribution in [2.75, 3.05) is 6.61 Å². The molecule has 0 saturated carbocycles. The number of hydrogen-bond donors (Lipinski definition) is 1. The number of nitrogens with one attached hydrogen (secondary N) is 1. The van der Waals surface area contributed by atoms with E-state index in [-0.39, 0.29) is 24.9 Å². The highest BCUT2D eigenvalue weighted by molar-refractivity contribution is 5.86. The molecule has 0 aliphatic heterocycles. The van der Waals surface area contributed by atoms with Crippen molar-refractivity contribution in [2.24, 2.45) is 0 Å². The van der Waals surface area contributed by atoms with Crippen LogP contribution in [0.1, 0.15) is 23.1 Å². The maximum atomic E-state index is 11.8. The summed E-state index contributed by atoms with van der Waals surface area (Å²) in [6.45, 7) is 2.15. The first-order valence-corrected chi connectivity index (χ1v) is 6.44. The fourth-order valence-corrected chi connectivity index (χ4v) is 1.64. The van der Waals surface area contributed by atoms with Gasteiger partial charge in [-0.1, -0.05) is 30.3 Å². The Labute approximate surface area is 121 Å². The van der Waals surface area contributed by atoms with E-state index < -0.39 is 5.97 Å². The lowest BCUT2D eigenvalue weighted by atomic mass is 10.2. The average molecular weight is 289 g/mol. The number of aromatic nitrogens is 4. The predicted octanol–water partition coefficient (Wildman–Crippen LogP) is 0.166. The van der Waals surface area contributed by atoms with Crippen LogP contribution in [0.15, 0.2) is 30.3 Å². The van der Waals surface area contributed by atoms with Gasteiger partial charge in [0.2, 0.25) is 5.91 Å². The van der Waals surface area contributed by atoms with E-state index in [4.69, 9.17) is 4.74 Å². The van der Waals surface area contributed by atoms with Crippen LogP contribution in [-0.4, -0.2) is 38.7 Å². The second kappa shape index (κ2) is 7.13. The van der Waals surface area contributed by atoms with E-state index in [0.717, 1.165) is 10.2 Å². The lowest BCUT2D eigenvalue weighted by molar-refractivity contribution is -0.122. The Hall–Kier alpha value is -2.77. The number of tetrazole rings is 1. The topological polar surface area (TPSA) is 99.0 Å². The molecule has 1 heterocycles. The molecule has 0 atom stereocenters. The van der Waals surface area contributed by atoms with Crippen molar-refractivity contribution in [2.45, 2.75) is 20.0 Å². The Morgan fingerprint density at radius 2 is 2.05 bits per heavy atom. The summed E-state index contributed by atoms with van der Waals surface area (Å²) in [4.78, 5) is 23.4. The molecular weight excluding hydrogens is 274 g/mol. The molecule has 1 aromatic heterocycles. The van der Waals surface area contributed by atoms with Crippen LogP contribution in [0.4, 0.5) is 0 Å². The number of ether oxygens (including phenoxy) is 1. The lowest BCUT2D eigenvalue weighted by Gasteiger charge is -2.06. The summed E-state index contributed by atoms with van der Waals surface area (Å²) in [6.07, 6.45) is 0. The van der Waals surface area contributed by atoms with Crippen LogP contribution in [-0.2, 0) is 22.6 Å². The normalized spacial score (nSPS) is 10.1. The van der Waals surface area contributed by atoms with Crippen LogP contribution >= 0.6 is 0 Å². The Morgan fingerprint density at radius 1 is 1.29 bits per heavy atom. The molecule has 0 fully saturated rings. The molecule has 0 saturated heterocycles. The van der Waals surface area contributed by atoms with Gasteiger partial charge in [-0.25, -0.2) is 9.48 Å². The Balaban J connectivity index is 1.91. The minimum atomic E-state index is -0.654. The average Bonchev–Trinajstić information content (AvgIpc) is 2.95. The van der Waals surface area contributed by atoms with Crippen molar-refractivity contribution >= 4 is 11.9 Å². The van der Waals surface area contributed by atoms with Crippen LogP contribution in [0.25, 0.3) is 0 Å². The van der Waals surface area contributed by atoms with Crippen LogP contribution in [0.5, 0.6) is 0 Å². The van der Waals surface area contributed by atoms with Gasteiger partial charge in [-0.3, -0.25) is 4.79 Å². The lowest BCUT2D eigenvalue weighted by Crippen LogP contribution is -2.29. The highest BCUT2D eigenvalue weighted by Gasteiger charge is 2.18. The number of amides is 1. The molecular formula is C13H15N5O3. The van der Waals surface area contributed by atoms with Crippen molar-refractivity contribution in [3.05, 3.63) is 41.7 Å². The van der Waals surface area contributed by atoms with Gasteiger partial charge in [0.15, 0.2) is 0 Å². The minimum absolute atomic E-state index is 0.0910. The molecule has 2 rings (SSSR count). The highest BCUT2D eigenvalue weighted by Crippen LogP contribution is 1.98. The second-order valence-electron chi connectivity index (χ2n) is 4.14. The van der Waals surface area contributed by atoms with Crippen LogP contribution < -0.4 is 5.32 Å². The standard InChI is InChI=1S/C13H15N5O3/c1-2-21-13(20)12-15-16-17-18(12)9-11(19)14-8-10-6-4-3-5-7-10/h3-7H,2,8-9H2,1H3,(H,14,19). The number of hydrogen-bond acceptors (Lipinski definition) is 6. The van der Waals surface area contributed by atoms with Gasteiger partial charge < -0.3 is 10.1 Å². The molecule has 1 aromatic carbocycles. The molecule has 8 nitrogen and oxygen atoms in total. The molecule has 0 aliphatic carbocycles. The fourth-order valence-electron chi connectivity index (χ4n) is 1.64. The first-order chi connectivity index (χ1) is 10.2. The first kappa shape index (κ1) is 14.6. The van der Waals surface area contributed by atoms with Gasteiger partial charge in [0, 0.05) is 6.54 Å². The van der Waals surface area contributed by atoms with Crippen LogP contribution in [0.2, 0.25) is 0 Å². The van der Waals surface area contributed by atoms with Gasteiger partial charge >= 0.3 is 5.97 Å². The second-order valence-corrected chi connectivity index (χ2v) is 4.14. The molecule has 0 unspecified atom stereocenters. The van der Waals surface area contributed by atoms with Gasteiger partial charge in [0.1, 0.15) is 6.54 Å². The molecule has 0 radical (unpaired) electrons. The number of esters is 1. The molecule has 8 heteroatoms. The number of benzene rings is 1. The molecule has 1 N–H and O–H groups in total. The first-order valence-electron chi connectivity index (χ1n) is 6.44. The van der Waals surface area contributed by atoms with E-state index >= 15 is 0 Å². The quantitative estimate of drug-likeness (QED) is 0.761. The van der Waals surface area contributed by atoms with Crippen molar-refractivity contribution in [3.63, 3.8) is 0 Å². The van der Waals surface area contributed by atoms with Crippen LogP contribution in [0, 0.1) is 0 Å². The SMILES string of the molecule is CCOC(=O)c1nnnn1CC(=O)NCc1ccccc1. The maximum absolute atomic E-state index is 11.8. The van der Waals surface area contributed by atoms with E-state index in [0.29, 0.717) is 6.54 Å². The van der Waals surface area contributed by atoms with Gasteiger partial charge in [0.05, 0.1) is 6.61 Å². The summed E-state index contributed by atoms with van der Waals surface area (Å²) in [5.74, 6) is -1.04. The summed E-state index contributed by atoms with van der Waals surface area (Å²) >= 11 is 0. The Morgan fingerprint density at radius 3 is 2.76 bits per heavy atom. The fraction of sp³-hybridized carbons (Fsp3) is 0.308. The summed E-state index contributed by atoms with van der Waals surface area (Å²) < 4.78 is 5.91. The van der Waals surface area contributed by atoms with Gasteiger partial charge in [0.25, 0.3) is 5.82 Å². The number of rotatable bonds is 6. The number of nitrogens with zero attached hydrogens (tertiary/aromatic N) is 4. The van der Waals surface area contributed by atoms with E-state index in [1.54, 1.807) is 6.92 Å². The molecule has 110 valence electrons. The molecule has 0 bridgehead atoms. The van der Waals surface area contributed by atoms with Gasteiger partial charge in [-0.05, 0) is 22.9 Å². The monoisotopic (exact) mass is 289 g/mol. The summed E-state index contributed by atoms with van der Waals surface area (Å²) in [6, 6.07) is 9.49. The van der Waals surface area contributed by atoms with Gasteiger partial charge in [-0.2, -0.15) is 0 Å². The minimum Gasteiger partial charge on any atom is -0.460 e. The zero-order valence-electron chi connectivity index (χ0n) is 11.5. The Bertz CT molecular complexity index is 611.